The van der Waals surface area contributed by atoms with Crippen molar-refractivity contribution in [1.29, 1.82) is 0 Å². The molecule has 0 fully saturated rings. The van der Waals surface area contributed by atoms with Gasteiger partial charge in [0.05, 0.1) is 5.03 Å². The van der Waals surface area contributed by atoms with Crippen molar-refractivity contribution in [3.8, 4) is 0 Å². The zero-order chi connectivity index (χ0) is 8.97. The molecule has 1 aromatic rings. The van der Waals surface area contributed by atoms with E-state index in [1.165, 1.54) is 5.69 Å². The van der Waals surface area contributed by atoms with E-state index >= 15 is 0 Å². The maximum absolute atomic E-state index is 4.52. The van der Waals surface area contributed by atoms with Crippen molar-refractivity contribution in [3.63, 3.8) is 0 Å². The molecule has 2 heteroatoms. The second-order valence-corrected chi connectivity index (χ2v) is 4.27. The van der Waals surface area contributed by atoms with Crippen molar-refractivity contribution in [2.45, 2.75) is 31.7 Å². The van der Waals surface area contributed by atoms with Gasteiger partial charge in [-0.05, 0) is 23.8 Å². The Kier molecular flexibility index (Phi) is 3.60. The molecule has 0 saturated carbocycles. The van der Waals surface area contributed by atoms with E-state index in [2.05, 4.69) is 44.0 Å². The van der Waals surface area contributed by atoms with Crippen LogP contribution in [0.25, 0.3) is 0 Å². The Morgan fingerprint density at radius 1 is 1.42 bits per heavy atom. The number of hydrogen-bond donors (Lipinski definition) is 0. The molecule has 0 aromatic carbocycles. The van der Waals surface area contributed by atoms with Gasteiger partial charge in [-0.15, -0.1) is 11.8 Å². The summed E-state index contributed by atoms with van der Waals surface area (Å²) in [4.78, 5) is 4.52. The Morgan fingerprint density at radius 3 is 2.75 bits per heavy atom. The summed E-state index contributed by atoms with van der Waals surface area (Å²) in [7, 11) is 0. The molecule has 0 aliphatic rings. The van der Waals surface area contributed by atoms with E-state index in [9.17, 15) is 0 Å². The van der Waals surface area contributed by atoms with Crippen LogP contribution in [-0.2, 0) is 0 Å². The Morgan fingerprint density at radius 2 is 2.17 bits per heavy atom. The first-order valence-electron chi connectivity index (χ1n) is 4.33. The molecule has 12 heavy (non-hydrogen) atoms. The monoisotopic (exact) mass is 181 g/mol. The SMILES string of the molecule is CCSc1cccc(C(C)C)n1. The maximum Gasteiger partial charge on any atom is 0.0963 e. The van der Waals surface area contributed by atoms with Crippen LogP contribution in [0.5, 0.6) is 0 Å². The lowest BCUT2D eigenvalue weighted by atomic mass is 10.1. The second-order valence-electron chi connectivity index (χ2n) is 2.99. The molecule has 0 unspecified atom stereocenters. The van der Waals surface area contributed by atoms with E-state index in [-0.39, 0.29) is 0 Å². The van der Waals surface area contributed by atoms with Crippen LogP contribution in [0.4, 0.5) is 0 Å². The topological polar surface area (TPSA) is 12.9 Å². The van der Waals surface area contributed by atoms with Gasteiger partial charge in [-0.25, -0.2) is 4.98 Å². The van der Waals surface area contributed by atoms with Gasteiger partial charge >= 0.3 is 0 Å². The Bertz CT molecular complexity index is 245. The van der Waals surface area contributed by atoms with Gasteiger partial charge in [-0.2, -0.15) is 0 Å². The fourth-order valence-corrected chi connectivity index (χ4v) is 1.62. The standard InChI is InChI=1S/C10H15NS/c1-4-12-10-7-5-6-9(11-10)8(2)3/h5-8H,4H2,1-3H3. The molecule has 0 bridgehead atoms. The van der Waals surface area contributed by atoms with Crippen LogP contribution in [0.1, 0.15) is 32.4 Å². The van der Waals surface area contributed by atoms with E-state index in [0.29, 0.717) is 5.92 Å². The van der Waals surface area contributed by atoms with Crippen molar-refractivity contribution < 1.29 is 0 Å². The van der Waals surface area contributed by atoms with Gasteiger partial charge in [0.2, 0.25) is 0 Å². The van der Waals surface area contributed by atoms with Crippen LogP contribution >= 0.6 is 11.8 Å². The highest BCUT2D eigenvalue weighted by molar-refractivity contribution is 7.99. The smallest absolute Gasteiger partial charge is 0.0963 e. The van der Waals surface area contributed by atoms with E-state index in [1.807, 2.05) is 0 Å². The van der Waals surface area contributed by atoms with Gasteiger partial charge in [0.25, 0.3) is 0 Å². The number of hydrogen-bond acceptors (Lipinski definition) is 2. The first-order valence-corrected chi connectivity index (χ1v) is 5.32. The average Bonchev–Trinajstić information content (AvgIpc) is 2.05. The number of nitrogens with zero attached hydrogens (tertiary/aromatic N) is 1. The van der Waals surface area contributed by atoms with Gasteiger partial charge in [-0.1, -0.05) is 26.8 Å². The van der Waals surface area contributed by atoms with Gasteiger partial charge in [0.15, 0.2) is 0 Å². The predicted octanol–water partition coefficient (Wildman–Crippen LogP) is 3.32. The highest BCUT2D eigenvalue weighted by Gasteiger charge is 2.00. The van der Waals surface area contributed by atoms with Crippen molar-refractivity contribution in [2.75, 3.05) is 5.75 Å². The summed E-state index contributed by atoms with van der Waals surface area (Å²) in [6.45, 7) is 6.49. The first-order chi connectivity index (χ1) is 5.74. The minimum atomic E-state index is 0.530. The highest BCUT2D eigenvalue weighted by atomic mass is 32.2. The molecule has 0 aliphatic heterocycles. The summed E-state index contributed by atoms with van der Waals surface area (Å²) in [5, 5.41) is 1.14. The summed E-state index contributed by atoms with van der Waals surface area (Å²) >= 11 is 1.80. The molecular weight excluding hydrogens is 166 g/mol. The molecule has 0 aliphatic carbocycles. The minimum absolute atomic E-state index is 0.530. The van der Waals surface area contributed by atoms with Crippen LogP contribution in [0, 0.1) is 0 Å². The van der Waals surface area contributed by atoms with Crippen molar-refractivity contribution in [3.05, 3.63) is 23.9 Å². The summed E-state index contributed by atoms with van der Waals surface area (Å²) in [5.74, 6) is 1.62. The van der Waals surface area contributed by atoms with Crippen molar-refractivity contribution in [2.24, 2.45) is 0 Å². The van der Waals surface area contributed by atoms with E-state index < -0.39 is 0 Å². The molecule has 0 amide bonds. The third-order valence-corrected chi connectivity index (χ3v) is 2.44. The molecule has 1 rings (SSSR count). The van der Waals surface area contributed by atoms with Gasteiger partial charge in [0.1, 0.15) is 0 Å². The van der Waals surface area contributed by atoms with E-state index in [1.54, 1.807) is 11.8 Å². The van der Waals surface area contributed by atoms with Crippen LogP contribution in [0.2, 0.25) is 0 Å². The average molecular weight is 181 g/mol. The molecule has 66 valence electrons. The van der Waals surface area contributed by atoms with Crippen LogP contribution in [0.3, 0.4) is 0 Å². The summed E-state index contributed by atoms with van der Waals surface area (Å²) in [5.41, 5.74) is 1.19. The lowest BCUT2D eigenvalue weighted by Crippen LogP contribution is -1.92. The number of pyridine rings is 1. The van der Waals surface area contributed by atoms with Crippen molar-refractivity contribution >= 4 is 11.8 Å². The van der Waals surface area contributed by atoms with Crippen LogP contribution in [-0.4, -0.2) is 10.7 Å². The fraction of sp³-hybridized carbons (Fsp3) is 0.500. The molecule has 1 heterocycles. The first kappa shape index (κ1) is 9.59. The quantitative estimate of drug-likeness (QED) is 0.663. The molecular formula is C10H15NS. The molecule has 0 atom stereocenters. The normalized spacial score (nSPS) is 10.7. The predicted molar refractivity (Wildman–Crippen MR) is 54.7 cm³/mol. The summed E-state index contributed by atoms with van der Waals surface area (Å²) < 4.78 is 0. The van der Waals surface area contributed by atoms with Crippen LogP contribution < -0.4 is 0 Å². The molecule has 0 radical (unpaired) electrons. The number of aromatic nitrogens is 1. The third-order valence-electron chi connectivity index (χ3n) is 1.63. The maximum atomic E-state index is 4.52. The molecule has 0 spiro atoms. The molecule has 0 N–H and O–H groups in total. The van der Waals surface area contributed by atoms with E-state index in [0.717, 1.165) is 10.8 Å². The van der Waals surface area contributed by atoms with Crippen molar-refractivity contribution in [1.82, 2.24) is 4.98 Å². The molecule has 1 nitrogen and oxygen atoms in total. The summed E-state index contributed by atoms with van der Waals surface area (Å²) in [6, 6.07) is 6.24. The number of rotatable bonds is 3. The minimum Gasteiger partial charge on any atom is -0.246 e. The van der Waals surface area contributed by atoms with Gasteiger partial charge in [-0.3, -0.25) is 0 Å². The lowest BCUT2D eigenvalue weighted by molar-refractivity contribution is 0.803. The summed E-state index contributed by atoms with van der Waals surface area (Å²) in [6.07, 6.45) is 0. The van der Waals surface area contributed by atoms with E-state index in [4.69, 9.17) is 0 Å². The van der Waals surface area contributed by atoms with Gasteiger partial charge < -0.3 is 0 Å². The molecule has 1 aromatic heterocycles. The number of thioether (sulfide) groups is 1. The zero-order valence-electron chi connectivity index (χ0n) is 7.87. The Labute approximate surface area is 78.6 Å². The third kappa shape index (κ3) is 2.52. The second kappa shape index (κ2) is 4.51. The largest absolute Gasteiger partial charge is 0.246 e. The Balaban J connectivity index is 2.81. The van der Waals surface area contributed by atoms with Crippen LogP contribution in [0.15, 0.2) is 23.2 Å². The fourth-order valence-electron chi connectivity index (χ4n) is 0.981. The zero-order valence-corrected chi connectivity index (χ0v) is 8.69. The molecule has 0 saturated heterocycles. The Hall–Kier alpha value is -0.500. The lowest BCUT2D eigenvalue weighted by Gasteiger charge is -2.05. The van der Waals surface area contributed by atoms with Gasteiger partial charge in [0, 0.05) is 5.69 Å². The highest BCUT2D eigenvalue weighted by Crippen LogP contribution is 2.18.